The first-order valence-corrected chi connectivity index (χ1v) is 7.83. The summed E-state index contributed by atoms with van der Waals surface area (Å²) >= 11 is 6.01. The van der Waals surface area contributed by atoms with E-state index in [4.69, 9.17) is 16.3 Å². The molecule has 4 heteroatoms. The fraction of sp³-hybridized carbons (Fsp3) is 0.471. The van der Waals surface area contributed by atoms with Crippen molar-refractivity contribution in [2.75, 3.05) is 19.7 Å². The molecule has 3 nitrogen and oxygen atoms in total. The maximum absolute atomic E-state index is 12.7. The van der Waals surface area contributed by atoms with Crippen molar-refractivity contribution < 1.29 is 9.53 Å². The summed E-state index contributed by atoms with van der Waals surface area (Å²) < 4.78 is 5.68. The molecule has 2 atom stereocenters. The molecule has 0 N–H and O–H groups in total. The molecule has 0 radical (unpaired) electrons. The highest BCUT2D eigenvalue weighted by Crippen LogP contribution is 2.30. The van der Waals surface area contributed by atoms with Crippen molar-refractivity contribution in [3.05, 3.63) is 34.4 Å². The predicted octanol–water partition coefficient (Wildman–Crippen LogP) is 3.62. The summed E-state index contributed by atoms with van der Waals surface area (Å²) in [6.45, 7) is 6.42. The van der Waals surface area contributed by atoms with E-state index in [1.54, 1.807) is 6.07 Å². The topological polar surface area (TPSA) is 29.5 Å². The van der Waals surface area contributed by atoms with E-state index in [-0.39, 0.29) is 5.91 Å². The number of hydrogen-bond donors (Lipinski definition) is 0. The van der Waals surface area contributed by atoms with Crippen molar-refractivity contribution in [1.29, 1.82) is 0 Å². The second-order valence-electron chi connectivity index (χ2n) is 6.30. The van der Waals surface area contributed by atoms with Crippen LogP contribution in [-0.4, -0.2) is 30.5 Å². The summed E-state index contributed by atoms with van der Waals surface area (Å²) in [5.41, 5.74) is 1.60. The van der Waals surface area contributed by atoms with E-state index >= 15 is 0 Å². The lowest BCUT2D eigenvalue weighted by atomic mass is 9.91. The number of carbonyl (C=O) groups excluding carboxylic acids is 1. The number of piperidine rings is 1. The van der Waals surface area contributed by atoms with Gasteiger partial charge in [0.1, 0.15) is 12.4 Å². The number of ether oxygens (including phenoxy) is 1. The van der Waals surface area contributed by atoms with E-state index < -0.39 is 0 Å². The van der Waals surface area contributed by atoms with Crippen LogP contribution in [0.25, 0.3) is 6.08 Å². The Morgan fingerprint density at radius 1 is 1.29 bits per heavy atom. The number of nitrogens with zero attached hydrogens (tertiary/aromatic N) is 1. The molecule has 1 amide bonds. The van der Waals surface area contributed by atoms with Crippen LogP contribution in [0.15, 0.2) is 23.8 Å². The Morgan fingerprint density at radius 3 is 2.71 bits per heavy atom. The van der Waals surface area contributed by atoms with Crippen molar-refractivity contribution in [2.24, 2.45) is 11.8 Å². The van der Waals surface area contributed by atoms with E-state index in [9.17, 15) is 4.79 Å². The molecule has 1 aromatic carbocycles. The summed E-state index contributed by atoms with van der Waals surface area (Å²) in [5, 5.41) is 0.655. The van der Waals surface area contributed by atoms with E-state index in [2.05, 4.69) is 13.8 Å². The molecule has 1 saturated heterocycles. The third-order valence-corrected chi connectivity index (χ3v) is 4.35. The highest BCUT2D eigenvalue weighted by atomic mass is 35.5. The zero-order valence-electron chi connectivity index (χ0n) is 12.4. The molecule has 1 aromatic rings. The molecule has 2 unspecified atom stereocenters. The molecule has 2 aliphatic rings. The van der Waals surface area contributed by atoms with E-state index in [0.29, 0.717) is 29.0 Å². The van der Waals surface area contributed by atoms with Gasteiger partial charge in [-0.15, -0.1) is 0 Å². The Morgan fingerprint density at radius 2 is 2.00 bits per heavy atom. The minimum Gasteiger partial charge on any atom is -0.488 e. The largest absolute Gasteiger partial charge is 0.488 e. The molecule has 21 heavy (non-hydrogen) atoms. The standard InChI is InChI=1S/C17H20ClNO2/c1-11-5-12(2)9-19(8-11)17(20)14-6-13-7-15(18)3-4-16(13)21-10-14/h3-4,6-7,11-12H,5,8-10H2,1-2H3. The van der Waals surface area contributed by atoms with Gasteiger partial charge in [0.15, 0.2) is 0 Å². The van der Waals surface area contributed by atoms with Gasteiger partial charge in [-0.2, -0.15) is 0 Å². The first-order valence-electron chi connectivity index (χ1n) is 7.45. The molecule has 112 valence electrons. The monoisotopic (exact) mass is 305 g/mol. The average molecular weight is 306 g/mol. The van der Waals surface area contributed by atoms with Gasteiger partial charge in [0.2, 0.25) is 0 Å². The highest BCUT2D eigenvalue weighted by molar-refractivity contribution is 6.30. The van der Waals surface area contributed by atoms with E-state index in [1.165, 1.54) is 6.42 Å². The summed E-state index contributed by atoms with van der Waals surface area (Å²) in [7, 11) is 0. The molecular formula is C17H20ClNO2. The van der Waals surface area contributed by atoms with Crippen LogP contribution in [0.1, 0.15) is 25.8 Å². The smallest absolute Gasteiger partial charge is 0.253 e. The quantitative estimate of drug-likeness (QED) is 0.793. The van der Waals surface area contributed by atoms with Gasteiger partial charge in [-0.25, -0.2) is 0 Å². The minimum absolute atomic E-state index is 0.0963. The van der Waals surface area contributed by atoms with Gasteiger partial charge in [-0.05, 0) is 42.5 Å². The number of halogens is 1. The maximum atomic E-state index is 12.7. The Kier molecular flexibility index (Phi) is 3.94. The van der Waals surface area contributed by atoms with Crippen molar-refractivity contribution in [1.82, 2.24) is 4.90 Å². The average Bonchev–Trinajstić information content (AvgIpc) is 2.44. The minimum atomic E-state index is 0.0963. The molecule has 0 aliphatic carbocycles. The maximum Gasteiger partial charge on any atom is 0.253 e. The predicted molar refractivity (Wildman–Crippen MR) is 84.4 cm³/mol. The zero-order chi connectivity index (χ0) is 15.0. The van der Waals surface area contributed by atoms with Gasteiger partial charge in [-0.1, -0.05) is 25.4 Å². The molecule has 0 aromatic heterocycles. The Hall–Kier alpha value is -1.48. The first kappa shape index (κ1) is 14.5. The second-order valence-corrected chi connectivity index (χ2v) is 6.73. The van der Waals surface area contributed by atoms with Crippen LogP contribution in [0.5, 0.6) is 5.75 Å². The third-order valence-electron chi connectivity index (χ3n) is 4.12. The van der Waals surface area contributed by atoms with Gasteiger partial charge in [0.05, 0.1) is 5.57 Å². The molecule has 1 fully saturated rings. The summed E-state index contributed by atoms with van der Waals surface area (Å²) in [6, 6.07) is 5.49. The van der Waals surface area contributed by atoms with Crippen LogP contribution in [0.3, 0.4) is 0 Å². The normalized spacial score (nSPS) is 24.9. The SMILES string of the molecule is CC1CC(C)CN(C(=O)C2=Cc3cc(Cl)ccc3OC2)C1. The fourth-order valence-corrected chi connectivity index (χ4v) is 3.48. The Labute approximate surface area is 130 Å². The van der Waals surface area contributed by atoms with Gasteiger partial charge in [0, 0.05) is 23.7 Å². The lowest BCUT2D eigenvalue weighted by Crippen LogP contribution is -2.44. The van der Waals surface area contributed by atoms with Crippen LogP contribution in [0.4, 0.5) is 0 Å². The Balaban J connectivity index is 1.82. The van der Waals surface area contributed by atoms with Gasteiger partial charge in [0.25, 0.3) is 5.91 Å². The molecule has 0 bridgehead atoms. The van der Waals surface area contributed by atoms with Crippen LogP contribution in [0.2, 0.25) is 5.02 Å². The molecule has 0 saturated carbocycles. The lowest BCUT2D eigenvalue weighted by molar-refractivity contribution is -0.130. The van der Waals surface area contributed by atoms with Crippen LogP contribution >= 0.6 is 11.6 Å². The second kappa shape index (κ2) is 5.72. The van der Waals surface area contributed by atoms with Crippen LogP contribution < -0.4 is 4.74 Å². The van der Waals surface area contributed by atoms with Crippen molar-refractivity contribution in [3.8, 4) is 5.75 Å². The molecule has 2 aliphatic heterocycles. The number of fused-ring (bicyclic) bond motifs is 1. The summed E-state index contributed by atoms with van der Waals surface area (Å²) in [6.07, 6.45) is 3.11. The lowest BCUT2D eigenvalue weighted by Gasteiger charge is -2.35. The van der Waals surface area contributed by atoms with Gasteiger partial charge < -0.3 is 9.64 Å². The van der Waals surface area contributed by atoms with Crippen molar-refractivity contribution >= 4 is 23.6 Å². The number of benzene rings is 1. The van der Waals surface area contributed by atoms with Crippen LogP contribution in [0, 0.1) is 11.8 Å². The van der Waals surface area contributed by atoms with E-state index in [0.717, 1.165) is 24.4 Å². The number of carbonyl (C=O) groups is 1. The molecule has 0 spiro atoms. The van der Waals surface area contributed by atoms with Gasteiger partial charge >= 0.3 is 0 Å². The molecular weight excluding hydrogens is 286 g/mol. The summed E-state index contributed by atoms with van der Waals surface area (Å²) in [5.74, 6) is 2.00. The zero-order valence-corrected chi connectivity index (χ0v) is 13.2. The molecule has 3 rings (SSSR count). The number of rotatable bonds is 1. The number of likely N-dealkylation sites (tertiary alicyclic amines) is 1. The summed E-state index contributed by atoms with van der Waals surface area (Å²) in [4.78, 5) is 14.6. The van der Waals surface area contributed by atoms with Crippen molar-refractivity contribution in [2.45, 2.75) is 20.3 Å². The van der Waals surface area contributed by atoms with Gasteiger partial charge in [-0.3, -0.25) is 4.79 Å². The first-order chi connectivity index (χ1) is 10.0. The highest BCUT2D eigenvalue weighted by Gasteiger charge is 2.28. The third kappa shape index (κ3) is 3.08. The molecule has 2 heterocycles. The van der Waals surface area contributed by atoms with Crippen molar-refractivity contribution in [3.63, 3.8) is 0 Å². The van der Waals surface area contributed by atoms with E-state index in [1.807, 2.05) is 23.1 Å². The Bertz CT molecular complexity index is 586. The van der Waals surface area contributed by atoms with Crippen LogP contribution in [-0.2, 0) is 4.79 Å². The fourth-order valence-electron chi connectivity index (χ4n) is 3.30. The number of hydrogen-bond acceptors (Lipinski definition) is 2. The number of amides is 1.